The predicted octanol–water partition coefficient (Wildman–Crippen LogP) is 0.274. The molecule has 0 atom stereocenters. The second-order valence-electron chi connectivity index (χ2n) is 6.54. The first-order chi connectivity index (χ1) is 13.1. The summed E-state index contributed by atoms with van der Waals surface area (Å²) in [5, 5.41) is 0. The number of aromatic nitrogens is 1. The van der Waals surface area contributed by atoms with Gasteiger partial charge in [0.25, 0.3) is 5.91 Å². The third kappa shape index (κ3) is 4.47. The topological polar surface area (TPSA) is 86.3 Å². The van der Waals surface area contributed by atoms with Crippen molar-refractivity contribution >= 4 is 24.1 Å². The number of rotatable bonds is 4. The summed E-state index contributed by atoms with van der Waals surface area (Å²) in [4.78, 5) is 46.9. The molecule has 9 nitrogen and oxygen atoms in total. The number of hydrogen-bond acceptors (Lipinski definition) is 6. The van der Waals surface area contributed by atoms with E-state index in [1.807, 2.05) is 6.07 Å². The molecule has 0 N–H and O–H groups in total. The molecule has 0 aliphatic carbocycles. The smallest absolute Gasteiger partial charge is 0.409 e. The van der Waals surface area contributed by atoms with Gasteiger partial charge in [0.1, 0.15) is 0 Å². The largest absolute Gasteiger partial charge is 0.450 e. The van der Waals surface area contributed by atoms with E-state index in [1.165, 1.54) is 0 Å². The molecule has 3 amide bonds. The van der Waals surface area contributed by atoms with Crippen molar-refractivity contribution in [1.29, 1.82) is 0 Å². The number of piperazine rings is 2. The maximum Gasteiger partial charge on any atom is 0.409 e. The lowest BCUT2D eigenvalue weighted by atomic mass is 10.2. The van der Waals surface area contributed by atoms with Gasteiger partial charge in [0.2, 0.25) is 6.41 Å². The van der Waals surface area contributed by atoms with Gasteiger partial charge >= 0.3 is 6.09 Å². The number of carbonyl (C=O) groups excluding carboxylic acids is 3. The number of amides is 3. The second kappa shape index (κ2) is 8.70. The fourth-order valence-electron chi connectivity index (χ4n) is 3.29. The lowest BCUT2D eigenvalue weighted by molar-refractivity contribution is -0.118. The summed E-state index contributed by atoms with van der Waals surface area (Å²) in [6.07, 6.45) is 3.85. The van der Waals surface area contributed by atoms with Crippen LogP contribution in [0.5, 0.6) is 0 Å². The molecule has 2 aliphatic heterocycles. The molecule has 0 radical (unpaired) electrons. The molecule has 3 heterocycles. The molecule has 146 valence electrons. The monoisotopic (exact) mass is 375 g/mol. The van der Waals surface area contributed by atoms with Gasteiger partial charge in [-0.25, -0.2) is 4.79 Å². The molecule has 27 heavy (non-hydrogen) atoms. The number of hydrogen-bond donors (Lipinski definition) is 0. The van der Waals surface area contributed by atoms with Gasteiger partial charge in [0.05, 0.1) is 24.1 Å². The third-order valence-corrected chi connectivity index (χ3v) is 4.89. The molecule has 0 unspecified atom stereocenters. The van der Waals surface area contributed by atoms with Crippen molar-refractivity contribution < 1.29 is 19.1 Å². The highest BCUT2D eigenvalue weighted by atomic mass is 16.6. The van der Waals surface area contributed by atoms with E-state index >= 15 is 0 Å². The molecule has 1 aromatic rings. The van der Waals surface area contributed by atoms with Crippen LogP contribution in [-0.4, -0.2) is 97.1 Å². The van der Waals surface area contributed by atoms with E-state index in [-0.39, 0.29) is 12.0 Å². The molecule has 0 spiro atoms. The molecule has 3 rings (SSSR count). The molecular formula is C18H25N5O4. The summed E-state index contributed by atoms with van der Waals surface area (Å²) in [6, 6.07) is 1.85. The van der Waals surface area contributed by atoms with Crippen LogP contribution in [0, 0.1) is 0 Å². The van der Waals surface area contributed by atoms with E-state index in [0.717, 1.165) is 25.2 Å². The Morgan fingerprint density at radius 2 is 1.70 bits per heavy atom. The molecule has 1 aromatic heterocycles. The highest BCUT2D eigenvalue weighted by Gasteiger charge is 2.26. The average molecular weight is 375 g/mol. The Labute approximate surface area is 158 Å². The molecule has 2 fully saturated rings. The molecule has 0 saturated carbocycles. The van der Waals surface area contributed by atoms with E-state index in [9.17, 15) is 14.4 Å². The lowest BCUT2D eigenvalue weighted by Crippen LogP contribution is -2.50. The number of carbonyl (C=O) groups is 3. The van der Waals surface area contributed by atoms with Crippen molar-refractivity contribution in [3.8, 4) is 0 Å². The standard InChI is InChI=1S/C18H25N5O4/c1-2-27-18(26)23-9-7-22(8-10-23)17(25)15-11-16(13-19-12-15)21-5-3-20(14-24)4-6-21/h11-14H,2-10H2,1H3. The summed E-state index contributed by atoms with van der Waals surface area (Å²) in [6.45, 7) is 6.76. The minimum atomic E-state index is -0.331. The van der Waals surface area contributed by atoms with E-state index in [0.29, 0.717) is 51.4 Å². The van der Waals surface area contributed by atoms with E-state index in [4.69, 9.17) is 4.74 Å². The predicted molar refractivity (Wildman–Crippen MR) is 98.6 cm³/mol. The van der Waals surface area contributed by atoms with Crippen LogP contribution in [0.15, 0.2) is 18.5 Å². The number of pyridine rings is 1. The SMILES string of the molecule is CCOC(=O)N1CCN(C(=O)c2cncc(N3CCN(C=O)CC3)c2)CC1. The Kier molecular flexibility index (Phi) is 6.10. The minimum absolute atomic E-state index is 0.0839. The zero-order chi connectivity index (χ0) is 19.2. The van der Waals surface area contributed by atoms with Crippen molar-refractivity contribution in [3.05, 3.63) is 24.0 Å². The number of anilines is 1. The summed E-state index contributed by atoms with van der Waals surface area (Å²) in [5.74, 6) is -0.0839. The van der Waals surface area contributed by atoms with E-state index < -0.39 is 0 Å². The molecule has 2 aliphatic rings. The zero-order valence-electron chi connectivity index (χ0n) is 15.5. The maximum atomic E-state index is 12.8. The Morgan fingerprint density at radius 3 is 2.33 bits per heavy atom. The van der Waals surface area contributed by atoms with Crippen LogP contribution >= 0.6 is 0 Å². The highest BCUT2D eigenvalue weighted by Crippen LogP contribution is 2.18. The summed E-state index contributed by atoms with van der Waals surface area (Å²) >= 11 is 0. The van der Waals surface area contributed by atoms with Crippen LogP contribution in [0.3, 0.4) is 0 Å². The van der Waals surface area contributed by atoms with Crippen molar-refractivity contribution in [2.45, 2.75) is 6.92 Å². The van der Waals surface area contributed by atoms with Gasteiger partial charge in [-0.05, 0) is 13.0 Å². The van der Waals surface area contributed by atoms with Crippen LogP contribution in [0.1, 0.15) is 17.3 Å². The zero-order valence-corrected chi connectivity index (χ0v) is 15.5. The van der Waals surface area contributed by atoms with Gasteiger partial charge in [0.15, 0.2) is 0 Å². The van der Waals surface area contributed by atoms with Gasteiger partial charge in [-0.15, -0.1) is 0 Å². The average Bonchev–Trinajstić information content (AvgIpc) is 2.73. The van der Waals surface area contributed by atoms with Crippen LogP contribution in [0.4, 0.5) is 10.5 Å². The first-order valence-electron chi connectivity index (χ1n) is 9.22. The molecule has 2 saturated heterocycles. The summed E-state index contributed by atoms with van der Waals surface area (Å²) in [5.41, 5.74) is 1.42. The molecule has 0 aromatic carbocycles. The van der Waals surface area contributed by atoms with Gasteiger partial charge in [0, 0.05) is 58.6 Å². The molecular weight excluding hydrogens is 350 g/mol. The van der Waals surface area contributed by atoms with Crippen LogP contribution in [0.25, 0.3) is 0 Å². The minimum Gasteiger partial charge on any atom is -0.450 e. The summed E-state index contributed by atoms with van der Waals surface area (Å²) < 4.78 is 5.00. The van der Waals surface area contributed by atoms with Crippen LogP contribution in [0.2, 0.25) is 0 Å². The van der Waals surface area contributed by atoms with Crippen molar-refractivity contribution in [2.24, 2.45) is 0 Å². The van der Waals surface area contributed by atoms with E-state index in [2.05, 4.69) is 9.88 Å². The third-order valence-electron chi connectivity index (χ3n) is 4.89. The van der Waals surface area contributed by atoms with Crippen molar-refractivity contribution in [2.75, 3.05) is 63.9 Å². The number of ether oxygens (including phenoxy) is 1. The Balaban J connectivity index is 1.59. The van der Waals surface area contributed by atoms with Crippen LogP contribution < -0.4 is 4.90 Å². The van der Waals surface area contributed by atoms with Gasteiger partial charge in [-0.2, -0.15) is 0 Å². The van der Waals surface area contributed by atoms with Crippen molar-refractivity contribution in [1.82, 2.24) is 19.7 Å². The quantitative estimate of drug-likeness (QED) is 0.703. The van der Waals surface area contributed by atoms with E-state index in [1.54, 1.807) is 34.0 Å². The summed E-state index contributed by atoms with van der Waals surface area (Å²) in [7, 11) is 0. The Hall–Kier alpha value is -2.84. The number of nitrogens with zero attached hydrogens (tertiary/aromatic N) is 5. The molecule has 0 bridgehead atoms. The highest BCUT2D eigenvalue weighted by molar-refractivity contribution is 5.95. The van der Waals surface area contributed by atoms with Gasteiger partial charge in [-0.1, -0.05) is 0 Å². The van der Waals surface area contributed by atoms with Crippen molar-refractivity contribution in [3.63, 3.8) is 0 Å². The Morgan fingerprint density at radius 1 is 1.04 bits per heavy atom. The normalized spacial score (nSPS) is 17.7. The fraction of sp³-hybridized carbons (Fsp3) is 0.556. The second-order valence-corrected chi connectivity index (χ2v) is 6.54. The first-order valence-corrected chi connectivity index (χ1v) is 9.22. The van der Waals surface area contributed by atoms with Gasteiger partial charge < -0.3 is 24.3 Å². The fourth-order valence-corrected chi connectivity index (χ4v) is 3.29. The lowest BCUT2D eigenvalue weighted by Gasteiger charge is -2.35. The van der Waals surface area contributed by atoms with Gasteiger partial charge in [-0.3, -0.25) is 14.6 Å². The maximum absolute atomic E-state index is 12.8. The van der Waals surface area contributed by atoms with Crippen LogP contribution in [-0.2, 0) is 9.53 Å². The Bertz CT molecular complexity index is 682. The molecule has 9 heteroatoms. The first kappa shape index (κ1) is 18.9.